The SMILES string of the molecule is C=C1C(=O)O[C@@H]2CC(C)/C=C\C(=O)[C@](C)(O)C(OC(C)=O)[C@@H](OC(=O)/C(C)=C\C)[C@@H]12. The summed E-state index contributed by atoms with van der Waals surface area (Å²) in [5.74, 6) is -4.03. The van der Waals surface area contributed by atoms with Crippen molar-refractivity contribution < 1.29 is 38.5 Å². The first kappa shape index (κ1) is 23.5. The highest BCUT2D eigenvalue weighted by Gasteiger charge is 2.55. The second-order valence-electron chi connectivity index (χ2n) is 7.95. The van der Waals surface area contributed by atoms with Gasteiger partial charge >= 0.3 is 17.9 Å². The Morgan fingerprint density at radius 3 is 2.50 bits per heavy atom. The number of esters is 3. The van der Waals surface area contributed by atoms with E-state index in [9.17, 15) is 24.3 Å². The van der Waals surface area contributed by atoms with Gasteiger partial charge in [0.05, 0.1) is 5.92 Å². The van der Waals surface area contributed by atoms with Gasteiger partial charge in [0.2, 0.25) is 0 Å². The van der Waals surface area contributed by atoms with Gasteiger partial charge in [-0.15, -0.1) is 0 Å². The summed E-state index contributed by atoms with van der Waals surface area (Å²) in [6, 6.07) is 0. The van der Waals surface area contributed by atoms with Crippen molar-refractivity contribution in [3.8, 4) is 0 Å². The van der Waals surface area contributed by atoms with E-state index in [1.807, 2.05) is 6.92 Å². The molecule has 2 unspecified atom stereocenters. The third kappa shape index (κ3) is 4.70. The lowest BCUT2D eigenvalue weighted by atomic mass is 9.77. The smallest absolute Gasteiger partial charge is 0.334 e. The normalized spacial score (nSPS) is 35.9. The van der Waals surface area contributed by atoms with Crippen LogP contribution in [0, 0.1) is 11.8 Å². The molecule has 6 atom stereocenters. The summed E-state index contributed by atoms with van der Waals surface area (Å²) in [5.41, 5.74) is -1.95. The average molecular weight is 420 g/mol. The molecular formula is C22H28O8. The van der Waals surface area contributed by atoms with E-state index in [4.69, 9.17) is 14.2 Å². The summed E-state index contributed by atoms with van der Waals surface area (Å²) in [5, 5.41) is 11.1. The molecule has 1 aliphatic heterocycles. The molecule has 0 bridgehead atoms. The van der Waals surface area contributed by atoms with Crippen molar-refractivity contribution >= 4 is 23.7 Å². The third-order valence-electron chi connectivity index (χ3n) is 5.50. The lowest BCUT2D eigenvalue weighted by Crippen LogP contribution is -2.58. The number of fused-ring (bicyclic) bond motifs is 1. The molecule has 164 valence electrons. The van der Waals surface area contributed by atoms with Crippen LogP contribution >= 0.6 is 0 Å². The van der Waals surface area contributed by atoms with Gasteiger partial charge in [-0.1, -0.05) is 25.7 Å². The predicted octanol–water partition coefficient (Wildman–Crippen LogP) is 1.81. The Kier molecular flexibility index (Phi) is 7.02. The van der Waals surface area contributed by atoms with Crippen molar-refractivity contribution in [2.75, 3.05) is 0 Å². The van der Waals surface area contributed by atoms with Crippen molar-refractivity contribution in [1.29, 1.82) is 0 Å². The van der Waals surface area contributed by atoms with Crippen molar-refractivity contribution in [2.24, 2.45) is 11.8 Å². The summed E-state index contributed by atoms with van der Waals surface area (Å²) in [7, 11) is 0. The van der Waals surface area contributed by atoms with Crippen molar-refractivity contribution in [3.63, 3.8) is 0 Å². The van der Waals surface area contributed by atoms with E-state index in [1.165, 1.54) is 26.0 Å². The maximum absolute atomic E-state index is 12.7. The third-order valence-corrected chi connectivity index (χ3v) is 5.50. The van der Waals surface area contributed by atoms with Gasteiger partial charge in [0.1, 0.15) is 6.10 Å². The zero-order chi connectivity index (χ0) is 22.8. The number of rotatable bonds is 3. The van der Waals surface area contributed by atoms with Crippen LogP contribution in [0.25, 0.3) is 0 Å². The molecule has 8 heteroatoms. The van der Waals surface area contributed by atoms with E-state index >= 15 is 0 Å². The quantitative estimate of drug-likeness (QED) is 0.417. The number of allylic oxidation sites excluding steroid dienone is 2. The second-order valence-corrected chi connectivity index (χ2v) is 7.95. The summed E-state index contributed by atoms with van der Waals surface area (Å²) < 4.78 is 16.4. The Balaban J connectivity index is 2.68. The van der Waals surface area contributed by atoms with Crippen LogP contribution in [0.4, 0.5) is 0 Å². The molecule has 0 aromatic carbocycles. The highest BCUT2D eigenvalue weighted by atomic mass is 16.6. The number of ether oxygens (including phenoxy) is 3. The molecule has 0 radical (unpaired) electrons. The van der Waals surface area contributed by atoms with E-state index in [1.54, 1.807) is 13.0 Å². The molecule has 30 heavy (non-hydrogen) atoms. The molecular weight excluding hydrogens is 392 g/mol. The van der Waals surface area contributed by atoms with Crippen LogP contribution in [0.3, 0.4) is 0 Å². The van der Waals surface area contributed by atoms with Crippen LogP contribution in [0.15, 0.2) is 36.0 Å². The fourth-order valence-electron chi connectivity index (χ4n) is 3.60. The molecule has 0 aromatic rings. The molecule has 1 heterocycles. The largest absolute Gasteiger partial charge is 0.458 e. The number of ketones is 1. The Hall–Kier alpha value is -2.74. The molecule has 1 aliphatic carbocycles. The minimum absolute atomic E-state index is 0.0214. The van der Waals surface area contributed by atoms with Crippen LogP contribution in [-0.4, -0.2) is 52.7 Å². The van der Waals surface area contributed by atoms with Crippen LogP contribution in [0.2, 0.25) is 0 Å². The maximum atomic E-state index is 12.7. The maximum Gasteiger partial charge on any atom is 0.334 e. The molecule has 2 rings (SSSR count). The van der Waals surface area contributed by atoms with Gasteiger partial charge in [0.15, 0.2) is 23.6 Å². The lowest BCUT2D eigenvalue weighted by Gasteiger charge is -2.39. The van der Waals surface area contributed by atoms with Crippen LogP contribution in [-0.2, 0) is 33.4 Å². The monoisotopic (exact) mass is 420 g/mol. The molecule has 0 saturated carbocycles. The molecule has 1 N–H and O–H groups in total. The fraction of sp³-hybridized carbons (Fsp3) is 0.545. The zero-order valence-corrected chi connectivity index (χ0v) is 17.8. The van der Waals surface area contributed by atoms with Crippen LogP contribution < -0.4 is 0 Å². The molecule has 1 fully saturated rings. The van der Waals surface area contributed by atoms with Gasteiger partial charge in [-0.2, -0.15) is 0 Å². The summed E-state index contributed by atoms with van der Waals surface area (Å²) in [6.45, 7) is 11.0. The van der Waals surface area contributed by atoms with Gasteiger partial charge in [-0.25, -0.2) is 9.59 Å². The standard InChI is InChI=1S/C22H28O8/c1-7-12(3)20(25)30-18-17-13(4)21(26)29-15(17)10-11(2)8-9-16(24)22(6,27)19(18)28-14(5)23/h7-9,11,15,17-19,27H,4,10H2,1-3,5-6H3/b9-8-,12-7-/t11?,15-,17+,18+,19?,22+/m1/s1. The molecule has 2 aliphatic rings. The lowest BCUT2D eigenvalue weighted by molar-refractivity contribution is -0.194. The van der Waals surface area contributed by atoms with Gasteiger partial charge in [0.25, 0.3) is 0 Å². The number of carbonyl (C=O) groups is 4. The fourth-order valence-corrected chi connectivity index (χ4v) is 3.60. The van der Waals surface area contributed by atoms with Crippen molar-refractivity contribution in [2.45, 2.75) is 65.0 Å². The summed E-state index contributed by atoms with van der Waals surface area (Å²) >= 11 is 0. The van der Waals surface area contributed by atoms with E-state index in [2.05, 4.69) is 6.58 Å². The van der Waals surface area contributed by atoms with Gasteiger partial charge in [-0.3, -0.25) is 9.59 Å². The number of aliphatic hydroxyl groups is 1. The molecule has 8 nitrogen and oxygen atoms in total. The minimum Gasteiger partial charge on any atom is -0.458 e. The van der Waals surface area contributed by atoms with Crippen LogP contribution in [0.1, 0.15) is 41.0 Å². The van der Waals surface area contributed by atoms with E-state index in [-0.39, 0.29) is 17.1 Å². The summed E-state index contributed by atoms with van der Waals surface area (Å²) in [4.78, 5) is 49.5. The second kappa shape index (κ2) is 8.95. The Morgan fingerprint density at radius 1 is 1.30 bits per heavy atom. The summed E-state index contributed by atoms with van der Waals surface area (Å²) in [6.07, 6.45) is 0.930. The number of hydrogen-bond donors (Lipinski definition) is 1. The number of hydrogen-bond acceptors (Lipinski definition) is 8. The number of carbonyl (C=O) groups excluding carboxylic acids is 4. The van der Waals surface area contributed by atoms with Gasteiger partial charge < -0.3 is 19.3 Å². The van der Waals surface area contributed by atoms with Gasteiger partial charge in [0, 0.05) is 18.1 Å². The Labute approximate surface area is 175 Å². The van der Waals surface area contributed by atoms with Crippen molar-refractivity contribution in [1.82, 2.24) is 0 Å². The van der Waals surface area contributed by atoms with Gasteiger partial charge in [-0.05, 0) is 39.2 Å². The first-order valence-electron chi connectivity index (χ1n) is 9.76. The predicted molar refractivity (Wildman–Crippen MR) is 106 cm³/mol. The Bertz CT molecular complexity index is 819. The highest BCUT2D eigenvalue weighted by Crippen LogP contribution is 2.40. The first-order valence-corrected chi connectivity index (χ1v) is 9.76. The highest BCUT2D eigenvalue weighted by molar-refractivity contribution is 5.98. The van der Waals surface area contributed by atoms with E-state index in [0.717, 1.165) is 6.92 Å². The zero-order valence-electron chi connectivity index (χ0n) is 17.8. The molecule has 1 saturated heterocycles. The molecule has 0 aromatic heterocycles. The Morgan fingerprint density at radius 2 is 1.93 bits per heavy atom. The topological polar surface area (TPSA) is 116 Å². The molecule has 0 spiro atoms. The minimum atomic E-state index is -2.23. The van der Waals surface area contributed by atoms with E-state index < -0.39 is 53.5 Å². The average Bonchev–Trinajstić information content (AvgIpc) is 2.94. The van der Waals surface area contributed by atoms with Crippen molar-refractivity contribution in [3.05, 3.63) is 36.0 Å². The first-order chi connectivity index (χ1) is 13.9. The van der Waals surface area contributed by atoms with E-state index in [0.29, 0.717) is 6.42 Å². The van der Waals surface area contributed by atoms with Crippen LogP contribution in [0.5, 0.6) is 0 Å². The molecule has 0 amide bonds.